The van der Waals surface area contributed by atoms with Crippen LogP contribution in [0.1, 0.15) is 17.4 Å². The van der Waals surface area contributed by atoms with Gasteiger partial charge in [0.1, 0.15) is 12.2 Å². The third-order valence-electron chi connectivity index (χ3n) is 5.90. The Morgan fingerprint density at radius 2 is 1.56 bits per heavy atom. The first-order valence-corrected chi connectivity index (χ1v) is 12.1. The summed E-state index contributed by atoms with van der Waals surface area (Å²) in [4.78, 5) is 12.9. The Hall–Kier alpha value is -2.75. The molecule has 0 saturated carbocycles. The predicted octanol–water partition coefficient (Wildman–Crippen LogP) is 4.85. The molecule has 8 heteroatoms. The van der Waals surface area contributed by atoms with Gasteiger partial charge in [-0.1, -0.05) is 90.6 Å². The molecule has 0 aliphatic carbocycles. The summed E-state index contributed by atoms with van der Waals surface area (Å²) in [5, 5.41) is 12.3. The van der Waals surface area contributed by atoms with Crippen molar-refractivity contribution in [2.24, 2.45) is 0 Å². The second-order valence-corrected chi connectivity index (χ2v) is 9.36. The van der Waals surface area contributed by atoms with Crippen molar-refractivity contribution >= 4 is 11.8 Å². The molecule has 0 aromatic heterocycles. The Morgan fingerprint density at radius 1 is 0.912 bits per heavy atom. The lowest BCUT2D eigenvalue weighted by Crippen LogP contribution is -2.63. The van der Waals surface area contributed by atoms with Gasteiger partial charge >= 0.3 is 0 Å². The van der Waals surface area contributed by atoms with Gasteiger partial charge in [-0.05, 0) is 17.7 Å². The quantitative estimate of drug-likeness (QED) is 0.354. The second kappa shape index (κ2) is 10.7. The van der Waals surface area contributed by atoms with E-state index in [0.29, 0.717) is 0 Å². The van der Waals surface area contributed by atoms with Crippen molar-refractivity contribution in [2.75, 3.05) is 6.61 Å². The van der Waals surface area contributed by atoms with Crippen molar-refractivity contribution in [2.45, 2.75) is 47.6 Å². The van der Waals surface area contributed by atoms with Crippen LogP contribution in [0.3, 0.4) is 0 Å². The number of benzene rings is 3. The van der Waals surface area contributed by atoms with E-state index in [9.17, 15) is 10.1 Å². The van der Waals surface area contributed by atoms with E-state index in [1.54, 1.807) is 0 Å². The van der Waals surface area contributed by atoms with Gasteiger partial charge in [0.2, 0.25) is 0 Å². The monoisotopic (exact) mass is 479 g/mol. The Labute approximate surface area is 202 Å². The minimum atomic E-state index is -1.12. The molecule has 0 bridgehead atoms. The first kappa shape index (κ1) is 23.0. The molecule has 2 heterocycles. The molecule has 176 valence electrons. The zero-order chi connectivity index (χ0) is 23.3. The second-order valence-electron chi connectivity index (χ2n) is 8.19. The van der Waals surface area contributed by atoms with E-state index >= 15 is 0 Å². The zero-order valence-corrected chi connectivity index (χ0v) is 19.2. The normalized spacial score (nSPS) is 28.7. The number of thioether (sulfide) groups is 1. The summed E-state index contributed by atoms with van der Waals surface area (Å²) in [6, 6.07) is 27.6. The molecule has 0 amide bonds. The fraction of sp³-hybridized carbons (Fsp3) is 0.308. The number of ether oxygens (including phenoxy) is 4. The van der Waals surface area contributed by atoms with Crippen LogP contribution in [0.25, 0.3) is 0 Å². The van der Waals surface area contributed by atoms with Crippen LogP contribution in [-0.4, -0.2) is 41.3 Å². The first-order chi connectivity index (χ1) is 16.7. The Balaban J connectivity index is 1.43. The van der Waals surface area contributed by atoms with Crippen LogP contribution in [0, 0.1) is 10.1 Å². The largest absolute Gasteiger partial charge is 0.363 e. The maximum Gasteiger partial charge on any atom is 0.276 e. The van der Waals surface area contributed by atoms with E-state index in [1.165, 1.54) is 11.8 Å². The van der Waals surface area contributed by atoms with Crippen molar-refractivity contribution in [3.8, 4) is 0 Å². The molecule has 2 aliphatic rings. The lowest BCUT2D eigenvalue weighted by Gasteiger charge is -2.46. The highest BCUT2D eigenvalue weighted by atomic mass is 32.2. The fourth-order valence-corrected chi connectivity index (χ4v) is 5.42. The van der Waals surface area contributed by atoms with Crippen molar-refractivity contribution in [1.82, 2.24) is 0 Å². The maximum absolute atomic E-state index is 12.3. The van der Waals surface area contributed by atoms with E-state index in [1.807, 2.05) is 91.0 Å². The number of fused-ring (bicyclic) bond motifs is 1. The highest BCUT2D eigenvalue weighted by Gasteiger charge is 2.56. The number of hydrogen-bond donors (Lipinski definition) is 0. The molecule has 1 unspecified atom stereocenters. The molecular formula is C26H25NO6S. The summed E-state index contributed by atoms with van der Waals surface area (Å²) in [7, 11) is 0. The maximum atomic E-state index is 12.3. The zero-order valence-electron chi connectivity index (χ0n) is 18.3. The van der Waals surface area contributed by atoms with Gasteiger partial charge in [-0.15, -0.1) is 0 Å². The highest BCUT2D eigenvalue weighted by molar-refractivity contribution is 7.99. The van der Waals surface area contributed by atoms with Crippen LogP contribution in [0.5, 0.6) is 0 Å². The number of rotatable bonds is 7. The number of hydrogen-bond acceptors (Lipinski definition) is 7. The first-order valence-electron chi connectivity index (χ1n) is 11.2. The molecule has 34 heavy (non-hydrogen) atoms. The van der Waals surface area contributed by atoms with Gasteiger partial charge in [0, 0.05) is 15.4 Å². The van der Waals surface area contributed by atoms with Crippen LogP contribution in [0.15, 0.2) is 95.9 Å². The van der Waals surface area contributed by atoms with Gasteiger partial charge in [0.05, 0.1) is 13.2 Å². The molecule has 3 aromatic rings. The minimum Gasteiger partial charge on any atom is -0.363 e. The van der Waals surface area contributed by atoms with Crippen LogP contribution in [-0.2, 0) is 25.6 Å². The van der Waals surface area contributed by atoms with E-state index in [0.717, 1.165) is 16.0 Å². The SMILES string of the molecule is O=[N+]([O-])[C@@H]1[C@@H](OCc2ccccc2)[C@@H]2OC(c3ccccc3)OC[C@H]2O[C@H]1Sc1ccccc1. The molecular weight excluding hydrogens is 454 g/mol. The van der Waals surface area contributed by atoms with Crippen LogP contribution in [0.2, 0.25) is 0 Å². The van der Waals surface area contributed by atoms with Gasteiger partial charge in [-0.3, -0.25) is 10.1 Å². The van der Waals surface area contributed by atoms with Gasteiger partial charge in [0.15, 0.2) is 17.8 Å². The van der Waals surface area contributed by atoms with E-state index in [-0.39, 0.29) is 18.1 Å². The third-order valence-corrected chi connectivity index (χ3v) is 7.07. The Kier molecular flexibility index (Phi) is 7.22. The summed E-state index contributed by atoms with van der Waals surface area (Å²) in [5.41, 5.74) is 1.03. The van der Waals surface area contributed by atoms with Gasteiger partial charge in [-0.25, -0.2) is 0 Å². The molecule has 2 aliphatic heterocycles. The molecule has 6 atom stereocenters. The van der Waals surface area contributed by atoms with Crippen molar-refractivity contribution in [1.29, 1.82) is 0 Å². The molecule has 0 spiro atoms. The lowest BCUT2D eigenvalue weighted by atomic mass is 9.96. The summed E-state index contributed by atoms with van der Waals surface area (Å²) in [6.07, 6.45) is -2.59. The Morgan fingerprint density at radius 3 is 2.24 bits per heavy atom. The average molecular weight is 480 g/mol. The van der Waals surface area contributed by atoms with Gasteiger partial charge in [0.25, 0.3) is 6.04 Å². The summed E-state index contributed by atoms with van der Waals surface area (Å²) in [5.74, 6) is 0. The summed E-state index contributed by atoms with van der Waals surface area (Å²) < 4.78 is 24.7. The van der Waals surface area contributed by atoms with Gasteiger partial charge in [-0.2, -0.15) is 0 Å². The van der Waals surface area contributed by atoms with E-state index in [2.05, 4.69) is 0 Å². The van der Waals surface area contributed by atoms with Crippen molar-refractivity contribution < 1.29 is 23.9 Å². The summed E-state index contributed by atoms with van der Waals surface area (Å²) in [6.45, 7) is 0.494. The molecule has 2 saturated heterocycles. The molecule has 7 nitrogen and oxygen atoms in total. The van der Waals surface area contributed by atoms with E-state index < -0.39 is 36.1 Å². The van der Waals surface area contributed by atoms with Crippen LogP contribution in [0.4, 0.5) is 0 Å². The van der Waals surface area contributed by atoms with Crippen molar-refractivity contribution in [3.63, 3.8) is 0 Å². The molecule has 5 rings (SSSR count). The minimum absolute atomic E-state index is 0.238. The third kappa shape index (κ3) is 5.16. The Bertz CT molecular complexity index is 1070. The fourth-order valence-electron chi connectivity index (χ4n) is 4.25. The van der Waals surface area contributed by atoms with Crippen molar-refractivity contribution in [3.05, 3.63) is 112 Å². The topological polar surface area (TPSA) is 80.1 Å². The molecule has 3 aromatic carbocycles. The molecule has 0 N–H and O–H groups in total. The van der Waals surface area contributed by atoms with E-state index in [4.69, 9.17) is 18.9 Å². The predicted molar refractivity (Wildman–Crippen MR) is 127 cm³/mol. The number of nitro groups is 1. The highest BCUT2D eigenvalue weighted by Crippen LogP contribution is 2.41. The van der Waals surface area contributed by atoms with Crippen LogP contribution < -0.4 is 0 Å². The smallest absolute Gasteiger partial charge is 0.276 e. The molecule has 0 radical (unpaired) electrons. The standard InChI is InChI=1S/C26H25NO6S/c28-27(29)22-24(30-16-18-10-4-1-5-11-18)23-21(32-26(22)34-20-14-8-3-9-15-20)17-31-25(33-23)19-12-6-2-7-13-19/h1-15,21-26H,16-17H2/t21-,22-,23-,24-,25?,26+/m1/s1. The lowest BCUT2D eigenvalue weighted by molar-refractivity contribution is -0.558. The number of nitrogens with zero attached hydrogens (tertiary/aromatic N) is 1. The van der Waals surface area contributed by atoms with Gasteiger partial charge < -0.3 is 18.9 Å². The summed E-state index contributed by atoms with van der Waals surface area (Å²) >= 11 is 1.32. The average Bonchev–Trinajstić information content (AvgIpc) is 2.88. The van der Waals surface area contributed by atoms with Crippen LogP contribution >= 0.6 is 11.8 Å². The molecule has 2 fully saturated rings.